The summed E-state index contributed by atoms with van der Waals surface area (Å²) in [6, 6.07) is 4.53. The fourth-order valence-electron chi connectivity index (χ4n) is 1.25. The van der Waals surface area contributed by atoms with Crippen molar-refractivity contribution in [2.45, 2.75) is 25.9 Å². The van der Waals surface area contributed by atoms with Gasteiger partial charge in [0.1, 0.15) is 6.61 Å². The van der Waals surface area contributed by atoms with E-state index in [4.69, 9.17) is 10.00 Å². The molecule has 0 aliphatic carbocycles. The van der Waals surface area contributed by atoms with Crippen molar-refractivity contribution in [3.05, 3.63) is 31.4 Å². The minimum atomic E-state index is -1.05. The number of nitriles is 1. The van der Waals surface area contributed by atoms with Gasteiger partial charge in [0.25, 0.3) is 0 Å². The molecule has 1 rings (SSSR count). The van der Waals surface area contributed by atoms with Crippen LogP contribution in [-0.4, -0.2) is 22.2 Å². The van der Waals surface area contributed by atoms with E-state index in [0.717, 1.165) is 6.07 Å². The van der Waals surface area contributed by atoms with Gasteiger partial charge in [-0.3, -0.25) is 10.1 Å². The van der Waals surface area contributed by atoms with Crippen molar-refractivity contribution in [3.63, 3.8) is 0 Å². The molecular formula is C12H13IN2O4. The van der Waals surface area contributed by atoms with Crippen molar-refractivity contribution in [1.82, 2.24) is 0 Å². The first kappa shape index (κ1) is 15.7. The highest BCUT2D eigenvalue weighted by atomic mass is 127. The Kier molecular flexibility index (Phi) is 5.08. The molecule has 1 unspecified atom stereocenters. The van der Waals surface area contributed by atoms with Crippen LogP contribution in [-0.2, 0) is 0 Å². The minimum absolute atomic E-state index is 0.0494. The predicted octanol–water partition coefficient (Wildman–Crippen LogP) is 2.61. The van der Waals surface area contributed by atoms with Gasteiger partial charge in [0.15, 0.2) is 0 Å². The largest absolute Gasteiger partial charge is 0.483 e. The maximum atomic E-state index is 11.0. The molecule has 6 nitrogen and oxygen atoms in total. The van der Waals surface area contributed by atoms with Gasteiger partial charge in [-0.15, -0.1) is 0 Å². The van der Waals surface area contributed by atoms with Crippen molar-refractivity contribution < 1.29 is 14.8 Å². The Hall–Kier alpha value is -1.40. The summed E-state index contributed by atoms with van der Waals surface area (Å²) in [6.07, 6.45) is 0.466. The number of rotatable bonds is 5. The monoisotopic (exact) mass is 376 g/mol. The topological polar surface area (TPSA) is 96.4 Å². The van der Waals surface area contributed by atoms with Gasteiger partial charge in [0, 0.05) is 6.07 Å². The van der Waals surface area contributed by atoms with Gasteiger partial charge in [0.2, 0.25) is 5.75 Å². The molecule has 0 saturated heterocycles. The SMILES string of the molecule is CCC(C)(O)COc1c(I)cc(C#N)cc1[N+](=O)[O-]. The van der Waals surface area contributed by atoms with E-state index in [1.54, 1.807) is 13.8 Å². The molecule has 0 spiro atoms. The molecule has 0 heterocycles. The van der Waals surface area contributed by atoms with E-state index < -0.39 is 10.5 Å². The van der Waals surface area contributed by atoms with E-state index in [1.165, 1.54) is 6.07 Å². The standard InChI is InChI=1S/C12H13IN2O4/c1-3-12(2,16)7-19-11-9(13)4-8(6-14)5-10(11)15(17)18/h4-5,16H,3,7H2,1-2H3. The summed E-state index contributed by atoms with van der Waals surface area (Å²) in [7, 11) is 0. The van der Waals surface area contributed by atoms with E-state index in [0.29, 0.717) is 9.99 Å². The number of halogens is 1. The molecule has 1 aromatic carbocycles. The second-order valence-electron chi connectivity index (χ2n) is 4.31. The molecule has 0 saturated carbocycles. The van der Waals surface area contributed by atoms with Gasteiger partial charge in [-0.25, -0.2) is 0 Å². The van der Waals surface area contributed by atoms with Crippen LogP contribution in [0.4, 0.5) is 5.69 Å². The third-order valence-electron chi connectivity index (χ3n) is 2.64. The number of nitrogens with zero attached hydrogens (tertiary/aromatic N) is 2. The lowest BCUT2D eigenvalue weighted by atomic mass is 10.1. The smallest absolute Gasteiger partial charge is 0.313 e. The Balaban J connectivity index is 3.13. The van der Waals surface area contributed by atoms with E-state index >= 15 is 0 Å². The summed E-state index contributed by atoms with van der Waals surface area (Å²) in [4.78, 5) is 10.4. The lowest BCUT2D eigenvalue weighted by molar-refractivity contribution is -0.386. The highest BCUT2D eigenvalue weighted by Crippen LogP contribution is 2.34. The van der Waals surface area contributed by atoms with Gasteiger partial charge in [0.05, 0.1) is 25.7 Å². The molecule has 102 valence electrons. The Morgan fingerprint density at radius 1 is 1.63 bits per heavy atom. The average Bonchev–Trinajstić information content (AvgIpc) is 2.36. The normalized spacial score (nSPS) is 13.4. The predicted molar refractivity (Wildman–Crippen MR) is 76.9 cm³/mol. The van der Waals surface area contributed by atoms with Gasteiger partial charge in [-0.2, -0.15) is 5.26 Å². The molecule has 0 aliphatic heterocycles. The first-order chi connectivity index (χ1) is 8.80. The molecule has 0 aliphatic rings. The van der Waals surface area contributed by atoms with Crippen molar-refractivity contribution in [1.29, 1.82) is 5.26 Å². The highest BCUT2D eigenvalue weighted by molar-refractivity contribution is 14.1. The van der Waals surface area contributed by atoms with Crippen molar-refractivity contribution >= 4 is 28.3 Å². The average molecular weight is 376 g/mol. The molecule has 0 aromatic heterocycles. The quantitative estimate of drug-likeness (QED) is 0.484. The molecule has 19 heavy (non-hydrogen) atoms. The zero-order chi connectivity index (χ0) is 14.6. The fourth-order valence-corrected chi connectivity index (χ4v) is 2.02. The maximum absolute atomic E-state index is 11.0. The number of benzene rings is 1. The Labute approximate surface area is 124 Å². The van der Waals surface area contributed by atoms with Crippen molar-refractivity contribution in [2.75, 3.05) is 6.61 Å². The van der Waals surface area contributed by atoms with Crippen LogP contribution in [0.15, 0.2) is 12.1 Å². The summed E-state index contributed by atoms with van der Waals surface area (Å²) in [5.74, 6) is 0.0818. The lowest BCUT2D eigenvalue weighted by Gasteiger charge is -2.21. The first-order valence-electron chi connectivity index (χ1n) is 5.54. The molecule has 0 fully saturated rings. The van der Waals surface area contributed by atoms with Gasteiger partial charge in [-0.05, 0) is 42.0 Å². The zero-order valence-corrected chi connectivity index (χ0v) is 12.7. The summed E-state index contributed by atoms with van der Waals surface area (Å²) < 4.78 is 5.84. The molecule has 0 bridgehead atoms. The second-order valence-corrected chi connectivity index (χ2v) is 5.48. The number of hydrogen-bond donors (Lipinski definition) is 1. The van der Waals surface area contributed by atoms with Crippen molar-refractivity contribution in [3.8, 4) is 11.8 Å². The van der Waals surface area contributed by atoms with E-state index in [2.05, 4.69) is 0 Å². The van der Waals surface area contributed by atoms with Crippen LogP contribution >= 0.6 is 22.6 Å². The lowest BCUT2D eigenvalue weighted by Crippen LogP contribution is -2.31. The van der Waals surface area contributed by atoms with Crippen LogP contribution in [0.3, 0.4) is 0 Å². The minimum Gasteiger partial charge on any atom is -0.483 e. The van der Waals surface area contributed by atoms with Crippen LogP contribution in [0.2, 0.25) is 0 Å². The van der Waals surface area contributed by atoms with Crippen LogP contribution in [0.25, 0.3) is 0 Å². The van der Waals surface area contributed by atoms with Crippen molar-refractivity contribution in [2.24, 2.45) is 0 Å². The fraction of sp³-hybridized carbons (Fsp3) is 0.417. The zero-order valence-electron chi connectivity index (χ0n) is 10.5. The van der Waals surface area contributed by atoms with Crippen LogP contribution in [0.1, 0.15) is 25.8 Å². The van der Waals surface area contributed by atoms with E-state index in [9.17, 15) is 15.2 Å². The third-order valence-corrected chi connectivity index (χ3v) is 3.44. The van der Waals surface area contributed by atoms with E-state index in [1.807, 2.05) is 28.7 Å². The summed E-state index contributed by atoms with van der Waals surface area (Å²) in [5, 5.41) is 29.6. The number of nitro benzene ring substituents is 1. The number of hydrogen-bond acceptors (Lipinski definition) is 5. The molecule has 7 heteroatoms. The maximum Gasteiger partial charge on any atom is 0.313 e. The van der Waals surface area contributed by atoms with Crippen LogP contribution < -0.4 is 4.74 Å². The summed E-state index contributed by atoms with van der Waals surface area (Å²) in [6.45, 7) is 3.34. The van der Waals surface area contributed by atoms with Gasteiger partial charge < -0.3 is 9.84 Å². The van der Waals surface area contributed by atoms with Crippen LogP contribution in [0.5, 0.6) is 5.75 Å². The summed E-state index contributed by atoms with van der Waals surface area (Å²) in [5.41, 5.74) is -1.12. The Morgan fingerprint density at radius 2 is 2.26 bits per heavy atom. The Bertz CT molecular complexity index is 537. The van der Waals surface area contributed by atoms with E-state index in [-0.39, 0.29) is 23.6 Å². The molecule has 1 atom stereocenters. The number of ether oxygens (including phenoxy) is 1. The number of aliphatic hydroxyl groups is 1. The number of nitro groups is 1. The van der Waals surface area contributed by atoms with Crippen LogP contribution in [0, 0.1) is 25.0 Å². The Morgan fingerprint density at radius 3 is 2.74 bits per heavy atom. The molecule has 0 amide bonds. The van der Waals surface area contributed by atoms with Gasteiger partial charge in [-0.1, -0.05) is 6.92 Å². The first-order valence-corrected chi connectivity index (χ1v) is 6.62. The molecular weight excluding hydrogens is 363 g/mol. The van der Waals surface area contributed by atoms with Gasteiger partial charge >= 0.3 is 5.69 Å². The molecule has 1 N–H and O–H groups in total. The summed E-state index contributed by atoms with van der Waals surface area (Å²) >= 11 is 1.87. The molecule has 0 radical (unpaired) electrons. The molecule has 1 aromatic rings. The highest BCUT2D eigenvalue weighted by Gasteiger charge is 2.24. The third kappa shape index (κ3) is 4.04. The second kappa shape index (κ2) is 6.16.